The smallest absolute Gasteiger partial charge is 0.346 e. The lowest BCUT2D eigenvalue weighted by Crippen LogP contribution is -2.62. The average molecular weight is 516 g/mol. The van der Waals surface area contributed by atoms with E-state index in [2.05, 4.69) is 29.1 Å². The Labute approximate surface area is 212 Å². The molecular weight excluding hydrogens is 481 g/mol. The normalized spacial score (nSPS) is 23.6. The summed E-state index contributed by atoms with van der Waals surface area (Å²) < 4.78 is 0. The van der Waals surface area contributed by atoms with Crippen LogP contribution in [0.25, 0.3) is 0 Å². The number of halogens is 2. The van der Waals surface area contributed by atoms with Crippen LogP contribution >= 0.6 is 24.8 Å². The molecule has 1 saturated heterocycles. The maximum atomic E-state index is 13.7. The molecule has 34 heavy (non-hydrogen) atoms. The van der Waals surface area contributed by atoms with E-state index in [0.29, 0.717) is 25.3 Å². The van der Waals surface area contributed by atoms with Gasteiger partial charge in [0.25, 0.3) is 0 Å². The van der Waals surface area contributed by atoms with E-state index in [1.165, 1.54) is 0 Å². The average Bonchev–Trinajstić information content (AvgIpc) is 3.18. The predicted octanol–water partition coefficient (Wildman–Crippen LogP) is 2.86. The number of carbonyl (C=O) groups excluding carboxylic acids is 2. The highest BCUT2D eigenvalue weighted by molar-refractivity contribution is 6.22. The Morgan fingerprint density at radius 1 is 1.26 bits per heavy atom. The first-order valence-electron chi connectivity index (χ1n) is 11.2. The standard InChI is InChI=1S/C23H33N5O4.2ClH/c1-22(2)8-3-5-17(11-22)23(21(32)27-13-16-6-7-18(24)26-12-16)9-4-10-28(23)19(29)14-25-15-20(30)31;;/h6-7,12,15,17H,3-5,8-11,13-14H2,1-2H3,(H2,24,26)(H,27,32)(H,30,31);2*1H/t17?,23-;;/m1../s1. The minimum atomic E-state index is -1.20. The highest BCUT2D eigenvalue weighted by atomic mass is 35.5. The van der Waals surface area contributed by atoms with E-state index in [1.807, 2.05) is 6.07 Å². The molecule has 0 spiro atoms. The number of aromatic nitrogens is 1. The van der Waals surface area contributed by atoms with Gasteiger partial charge in [0.05, 0.1) is 0 Å². The molecule has 1 aliphatic carbocycles. The van der Waals surface area contributed by atoms with Crippen molar-refractivity contribution in [2.45, 2.75) is 64.5 Å². The van der Waals surface area contributed by atoms with Crippen LogP contribution in [0.15, 0.2) is 23.3 Å². The fraction of sp³-hybridized carbons (Fsp3) is 0.609. The number of nitrogens with zero attached hydrogens (tertiary/aromatic N) is 3. The first-order valence-corrected chi connectivity index (χ1v) is 11.2. The number of rotatable bonds is 7. The van der Waals surface area contributed by atoms with Gasteiger partial charge in [0, 0.05) is 19.3 Å². The zero-order valence-electron chi connectivity index (χ0n) is 19.7. The molecule has 1 unspecified atom stereocenters. The molecule has 1 aromatic rings. The van der Waals surface area contributed by atoms with Crippen LogP contribution < -0.4 is 11.1 Å². The van der Waals surface area contributed by atoms with Crippen molar-refractivity contribution in [2.24, 2.45) is 16.3 Å². The van der Waals surface area contributed by atoms with Gasteiger partial charge >= 0.3 is 5.97 Å². The Bertz CT molecular complexity index is 894. The van der Waals surface area contributed by atoms with E-state index in [9.17, 15) is 14.4 Å². The molecule has 0 aromatic carbocycles. The number of carbonyl (C=O) groups is 3. The molecule has 2 amide bonds. The van der Waals surface area contributed by atoms with Gasteiger partial charge in [0.15, 0.2) is 0 Å². The summed E-state index contributed by atoms with van der Waals surface area (Å²) in [5, 5.41) is 11.8. The molecule has 2 aliphatic rings. The number of amides is 2. The summed E-state index contributed by atoms with van der Waals surface area (Å²) in [5.74, 6) is -1.23. The highest BCUT2D eigenvalue weighted by Gasteiger charge is 2.55. The van der Waals surface area contributed by atoms with Gasteiger partial charge in [0.2, 0.25) is 11.8 Å². The van der Waals surface area contributed by atoms with Crippen LogP contribution in [0, 0.1) is 11.3 Å². The van der Waals surface area contributed by atoms with E-state index in [0.717, 1.165) is 43.9 Å². The molecule has 1 aliphatic heterocycles. The number of nitrogens with one attached hydrogen (secondary N) is 1. The summed E-state index contributed by atoms with van der Waals surface area (Å²) in [6, 6.07) is 3.50. The van der Waals surface area contributed by atoms with Crippen molar-refractivity contribution in [3.8, 4) is 0 Å². The van der Waals surface area contributed by atoms with Gasteiger partial charge in [-0.15, -0.1) is 24.8 Å². The highest BCUT2D eigenvalue weighted by Crippen LogP contribution is 2.48. The summed E-state index contributed by atoms with van der Waals surface area (Å²) in [7, 11) is 0. The number of hydrogen-bond donors (Lipinski definition) is 3. The predicted molar refractivity (Wildman–Crippen MR) is 135 cm³/mol. The quantitative estimate of drug-likeness (QED) is 0.477. The van der Waals surface area contributed by atoms with E-state index in [4.69, 9.17) is 10.8 Å². The maximum Gasteiger partial charge on any atom is 0.346 e. The van der Waals surface area contributed by atoms with Crippen LogP contribution in [-0.2, 0) is 20.9 Å². The van der Waals surface area contributed by atoms with E-state index in [1.54, 1.807) is 17.2 Å². The number of aliphatic imine (C=N–C) groups is 1. The number of likely N-dealkylation sites (tertiary alicyclic amines) is 1. The third kappa shape index (κ3) is 6.82. The molecule has 11 heteroatoms. The number of anilines is 1. The second kappa shape index (κ2) is 12.4. The van der Waals surface area contributed by atoms with Gasteiger partial charge < -0.3 is 21.1 Å². The Morgan fingerprint density at radius 3 is 2.62 bits per heavy atom. The monoisotopic (exact) mass is 515 g/mol. The topological polar surface area (TPSA) is 138 Å². The number of carboxylic acid groups (broad SMARTS) is 1. The van der Waals surface area contributed by atoms with Crippen molar-refractivity contribution in [1.82, 2.24) is 15.2 Å². The molecule has 0 bridgehead atoms. The zero-order valence-corrected chi connectivity index (χ0v) is 21.3. The van der Waals surface area contributed by atoms with Crippen LogP contribution in [0.1, 0.15) is 57.9 Å². The van der Waals surface area contributed by atoms with Crippen LogP contribution in [-0.4, -0.2) is 57.6 Å². The third-order valence-electron chi connectivity index (χ3n) is 6.73. The van der Waals surface area contributed by atoms with Crippen molar-refractivity contribution in [2.75, 3.05) is 18.8 Å². The number of aliphatic carboxylic acids is 1. The molecule has 190 valence electrons. The van der Waals surface area contributed by atoms with E-state index in [-0.39, 0.29) is 54.5 Å². The molecule has 2 atom stereocenters. The third-order valence-corrected chi connectivity index (χ3v) is 6.73. The fourth-order valence-electron chi connectivity index (χ4n) is 5.30. The largest absolute Gasteiger partial charge is 0.477 e. The second-order valence-corrected chi connectivity index (χ2v) is 9.61. The van der Waals surface area contributed by atoms with Crippen molar-refractivity contribution >= 4 is 54.6 Å². The lowest BCUT2D eigenvalue weighted by atomic mass is 9.64. The lowest BCUT2D eigenvalue weighted by molar-refractivity contribution is -0.149. The van der Waals surface area contributed by atoms with Gasteiger partial charge in [-0.25, -0.2) is 9.78 Å². The molecule has 1 saturated carbocycles. The molecular formula is C23H35Cl2N5O4. The van der Waals surface area contributed by atoms with Gasteiger partial charge in [0.1, 0.15) is 24.1 Å². The summed E-state index contributed by atoms with van der Waals surface area (Å²) in [6.45, 7) is 4.91. The fourth-order valence-corrected chi connectivity index (χ4v) is 5.30. The van der Waals surface area contributed by atoms with Gasteiger partial charge in [-0.05, 0) is 55.1 Å². The Morgan fingerprint density at radius 2 is 2.00 bits per heavy atom. The number of nitrogens with two attached hydrogens (primary N) is 1. The lowest BCUT2D eigenvalue weighted by Gasteiger charge is -2.48. The van der Waals surface area contributed by atoms with E-state index >= 15 is 0 Å². The first-order chi connectivity index (χ1) is 15.1. The first kappa shape index (κ1) is 29.6. The summed E-state index contributed by atoms with van der Waals surface area (Å²) in [6.07, 6.45) is 7.51. The van der Waals surface area contributed by atoms with Gasteiger partial charge in [-0.3, -0.25) is 14.6 Å². The van der Waals surface area contributed by atoms with Crippen LogP contribution in [0.5, 0.6) is 0 Å². The van der Waals surface area contributed by atoms with Gasteiger partial charge in [-0.2, -0.15) is 0 Å². The Kier molecular flexibility index (Phi) is 10.8. The second-order valence-electron chi connectivity index (χ2n) is 9.61. The summed E-state index contributed by atoms with van der Waals surface area (Å²) >= 11 is 0. The van der Waals surface area contributed by atoms with Crippen LogP contribution in [0.2, 0.25) is 0 Å². The zero-order chi connectivity index (χ0) is 23.4. The van der Waals surface area contributed by atoms with Crippen molar-refractivity contribution in [3.05, 3.63) is 23.9 Å². The SMILES string of the molecule is CC1(C)CCCC([C@@]2(C(=O)NCc3ccc(N)nc3)CCCN2C(=O)CN=CC(=O)O)C1.Cl.Cl. The minimum absolute atomic E-state index is 0. The summed E-state index contributed by atoms with van der Waals surface area (Å²) in [5.41, 5.74) is 5.62. The number of nitrogen functional groups attached to an aromatic ring is 1. The Hall–Kier alpha value is -2.39. The van der Waals surface area contributed by atoms with Crippen molar-refractivity contribution < 1.29 is 19.5 Å². The number of pyridine rings is 1. The number of carboxylic acids is 1. The van der Waals surface area contributed by atoms with Crippen molar-refractivity contribution in [1.29, 1.82) is 0 Å². The molecule has 0 radical (unpaired) electrons. The molecule has 2 fully saturated rings. The number of hydrogen-bond acceptors (Lipinski definition) is 6. The summed E-state index contributed by atoms with van der Waals surface area (Å²) in [4.78, 5) is 47.0. The van der Waals surface area contributed by atoms with Crippen LogP contribution in [0.4, 0.5) is 5.82 Å². The van der Waals surface area contributed by atoms with Gasteiger partial charge in [-0.1, -0.05) is 26.3 Å². The molecule has 2 heterocycles. The van der Waals surface area contributed by atoms with Crippen molar-refractivity contribution in [3.63, 3.8) is 0 Å². The molecule has 3 rings (SSSR count). The maximum absolute atomic E-state index is 13.7. The Balaban J connectivity index is 0.00000289. The molecule has 1 aromatic heterocycles. The molecule has 9 nitrogen and oxygen atoms in total. The van der Waals surface area contributed by atoms with E-state index < -0.39 is 11.5 Å². The molecule has 4 N–H and O–H groups in total. The van der Waals surface area contributed by atoms with Crippen LogP contribution in [0.3, 0.4) is 0 Å². The minimum Gasteiger partial charge on any atom is -0.477 e.